The lowest BCUT2D eigenvalue weighted by molar-refractivity contribution is 0.643. The van der Waals surface area contributed by atoms with Gasteiger partial charge in [0.15, 0.2) is 5.82 Å². The van der Waals surface area contributed by atoms with Crippen LogP contribution in [0.4, 0.5) is 5.82 Å². The maximum Gasteiger partial charge on any atom is 0.154 e. The molecule has 0 saturated carbocycles. The van der Waals surface area contributed by atoms with Crippen molar-refractivity contribution in [3.05, 3.63) is 23.4 Å². The van der Waals surface area contributed by atoms with E-state index < -0.39 is 0 Å². The maximum absolute atomic E-state index is 5.73. The Kier molecular flexibility index (Phi) is 3.05. The molecular formula is C8H10ClN3. The number of aromatic nitrogens is 1. The molecule has 0 unspecified atom stereocenters. The standard InChI is InChI=1S/C8H10ClN3/c1-12(2)6-11-8-5-7(9)3-4-10-8/h3-6H,1-2H3/b11-6-. The number of nitrogens with zero attached hydrogens (tertiary/aromatic N) is 3. The van der Waals surface area contributed by atoms with Crippen molar-refractivity contribution in [3.8, 4) is 0 Å². The Morgan fingerprint density at radius 1 is 1.58 bits per heavy atom. The fourth-order valence-electron chi connectivity index (χ4n) is 0.639. The quantitative estimate of drug-likeness (QED) is 0.518. The normalized spacial score (nSPS) is 10.6. The summed E-state index contributed by atoms with van der Waals surface area (Å²) in [6.07, 6.45) is 3.31. The van der Waals surface area contributed by atoms with Gasteiger partial charge in [0.1, 0.15) is 0 Å². The molecule has 0 bridgehead atoms. The van der Waals surface area contributed by atoms with Crippen LogP contribution in [-0.2, 0) is 0 Å². The van der Waals surface area contributed by atoms with E-state index in [-0.39, 0.29) is 0 Å². The number of halogens is 1. The van der Waals surface area contributed by atoms with E-state index in [0.717, 1.165) is 0 Å². The van der Waals surface area contributed by atoms with E-state index in [2.05, 4.69) is 9.98 Å². The minimum atomic E-state index is 0.621. The zero-order chi connectivity index (χ0) is 8.97. The molecule has 12 heavy (non-hydrogen) atoms. The number of aliphatic imine (C=N–C) groups is 1. The minimum absolute atomic E-state index is 0.621. The van der Waals surface area contributed by atoms with Gasteiger partial charge in [-0.05, 0) is 6.07 Å². The molecule has 0 aliphatic heterocycles. The molecule has 0 fully saturated rings. The summed E-state index contributed by atoms with van der Waals surface area (Å²) < 4.78 is 0. The van der Waals surface area contributed by atoms with Gasteiger partial charge in [-0.2, -0.15) is 0 Å². The van der Waals surface area contributed by atoms with E-state index in [4.69, 9.17) is 11.6 Å². The molecule has 1 rings (SSSR count). The second-order valence-electron chi connectivity index (χ2n) is 2.54. The second kappa shape index (κ2) is 4.07. The lowest BCUT2D eigenvalue weighted by atomic mass is 10.5. The van der Waals surface area contributed by atoms with Gasteiger partial charge in [0, 0.05) is 31.4 Å². The van der Waals surface area contributed by atoms with Crippen molar-refractivity contribution in [2.75, 3.05) is 14.1 Å². The first-order valence-corrected chi connectivity index (χ1v) is 3.88. The first-order chi connectivity index (χ1) is 5.68. The molecule has 0 aliphatic carbocycles. The van der Waals surface area contributed by atoms with Gasteiger partial charge in [-0.15, -0.1) is 0 Å². The van der Waals surface area contributed by atoms with Crippen LogP contribution in [0, 0.1) is 0 Å². The molecule has 1 aromatic rings. The molecule has 1 heterocycles. The van der Waals surface area contributed by atoms with Crippen molar-refractivity contribution in [1.29, 1.82) is 0 Å². The van der Waals surface area contributed by atoms with Gasteiger partial charge in [0.25, 0.3) is 0 Å². The van der Waals surface area contributed by atoms with Crippen LogP contribution in [0.15, 0.2) is 23.3 Å². The monoisotopic (exact) mass is 183 g/mol. The summed E-state index contributed by atoms with van der Waals surface area (Å²) in [5.41, 5.74) is 0. The molecule has 3 nitrogen and oxygen atoms in total. The van der Waals surface area contributed by atoms with Gasteiger partial charge in [-0.3, -0.25) is 0 Å². The average molecular weight is 184 g/mol. The third-order valence-electron chi connectivity index (χ3n) is 1.13. The van der Waals surface area contributed by atoms with E-state index in [1.807, 2.05) is 19.0 Å². The van der Waals surface area contributed by atoms with Crippen LogP contribution < -0.4 is 0 Å². The van der Waals surface area contributed by atoms with E-state index in [1.54, 1.807) is 24.7 Å². The maximum atomic E-state index is 5.73. The van der Waals surface area contributed by atoms with Gasteiger partial charge in [0.05, 0.1) is 6.34 Å². The van der Waals surface area contributed by atoms with Crippen molar-refractivity contribution in [1.82, 2.24) is 9.88 Å². The van der Waals surface area contributed by atoms with Crippen LogP contribution in [0.2, 0.25) is 5.02 Å². The fraction of sp³-hybridized carbons (Fsp3) is 0.250. The Hall–Kier alpha value is -1.09. The molecule has 4 heteroatoms. The number of hydrogen-bond acceptors (Lipinski definition) is 2. The van der Waals surface area contributed by atoms with Gasteiger partial charge >= 0.3 is 0 Å². The molecule has 0 atom stereocenters. The summed E-state index contributed by atoms with van der Waals surface area (Å²) in [6, 6.07) is 3.43. The molecule has 0 amide bonds. The van der Waals surface area contributed by atoms with E-state index >= 15 is 0 Å². The molecule has 0 saturated heterocycles. The zero-order valence-electron chi connectivity index (χ0n) is 7.03. The number of pyridine rings is 1. The van der Waals surface area contributed by atoms with E-state index in [0.29, 0.717) is 10.8 Å². The summed E-state index contributed by atoms with van der Waals surface area (Å²) in [7, 11) is 3.79. The van der Waals surface area contributed by atoms with Gasteiger partial charge in [-0.25, -0.2) is 9.98 Å². The molecule has 0 radical (unpaired) electrons. The third-order valence-corrected chi connectivity index (χ3v) is 1.36. The second-order valence-corrected chi connectivity index (χ2v) is 2.98. The van der Waals surface area contributed by atoms with Crippen LogP contribution in [0.3, 0.4) is 0 Å². The van der Waals surface area contributed by atoms with Crippen LogP contribution in [0.1, 0.15) is 0 Å². The van der Waals surface area contributed by atoms with Gasteiger partial charge in [0.2, 0.25) is 0 Å². The summed E-state index contributed by atoms with van der Waals surface area (Å²) in [5.74, 6) is 0.621. The van der Waals surface area contributed by atoms with Crippen molar-refractivity contribution >= 4 is 23.8 Å². The molecule has 0 N–H and O–H groups in total. The van der Waals surface area contributed by atoms with Crippen molar-refractivity contribution < 1.29 is 0 Å². The Bertz CT molecular complexity index is 283. The molecule has 0 aromatic carbocycles. The zero-order valence-corrected chi connectivity index (χ0v) is 7.78. The summed E-state index contributed by atoms with van der Waals surface area (Å²) >= 11 is 5.73. The van der Waals surface area contributed by atoms with Crippen LogP contribution in [0.5, 0.6) is 0 Å². The number of hydrogen-bond donors (Lipinski definition) is 0. The highest BCUT2D eigenvalue weighted by Gasteiger charge is 1.90. The molecular weight excluding hydrogens is 174 g/mol. The Balaban J connectivity index is 2.76. The molecule has 0 aliphatic rings. The lowest BCUT2D eigenvalue weighted by Crippen LogP contribution is -2.07. The average Bonchev–Trinajstić information content (AvgIpc) is 2.01. The van der Waals surface area contributed by atoms with Crippen LogP contribution >= 0.6 is 11.6 Å². The largest absolute Gasteiger partial charge is 0.369 e. The number of rotatable bonds is 2. The van der Waals surface area contributed by atoms with Gasteiger partial charge in [-0.1, -0.05) is 11.6 Å². The topological polar surface area (TPSA) is 28.5 Å². The van der Waals surface area contributed by atoms with Gasteiger partial charge < -0.3 is 4.90 Å². The van der Waals surface area contributed by atoms with Crippen LogP contribution in [0.25, 0.3) is 0 Å². The Labute approximate surface area is 76.7 Å². The summed E-state index contributed by atoms with van der Waals surface area (Å²) in [4.78, 5) is 9.91. The van der Waals surface area contributed by atoms with Crippen molar-refractivity contribution in [2.24, 2.45) is 4.99 Å². The van der Waals surface area contributed by atoms with E-state index in [9.17, 15) is 0 Å². The Morgan fingerprint density at radius 3 is 2.92 bits per heavy atom. The highest BCUT2D eigenvalue weighted by molar-refractivity contribution is 6.30. The first kappa shape index (κ1) is 9.00. The smallest absolute Gasteiger partial charge is 0.154 e. The van der Waals surface area contributed by atoms with E-state index in [1.165, 1.54) is 0 Å². The molecule has 1 aromatic heterocycles. The summed E-state index contributed by atoms with van der Waals surface area (Å²) in [5, 5.41) is 0.649. The predicted octanol–water partition coefficient (Wildman–Crippen LogP) is 1.96. The van der Waals surface area contributed by atoms with Crippen LogP contribution in [-0.4, -0.2) is 30.3 Å². The minimum Gasteiger partial charge on any atom is -0.369 e. The fourth-order valence-corrected chi connectivity index (χ4v) is 0.793. The molecule has 64 valence electrons. The Morgan fingerprint density at radius 2 is 2.33 bits per heavy atom. The van der Waals surface area contributed by atoms with Crippen molar-refractivity contribution in [2.45, 2.75) is 0 Å². The third kappa shape index (κ3) is 2.88. The predicted molar refractivity (Wildman–Crippen MR) is 51.1 cm³/mol. The SMILES string of the molecule is CN(C)/C=N\c1cc(Cl)ccn1. The highest BCUT2D eigenvalue weighted by atomic mass is 35.5. The highest BCUT2D eigenvalue weighted by Crippen LogP contribution is 2.13. The summed E-state index contributed by atoms with van der Waals surface area (Å²) in [6.45, 7) is 0. The van der Waals surface area contributed by atoms with Crippen molar-refractivity contribution in [3.63, 3.8) is 0 Å². The lowest BCUT2D eigenvalue weighted by Gasteiger charge is -2.01. The first-order valence-electron chi connectivity index (χ1n) is 3.50. The molecule has 0 spiro atoms.